The Bertz CT molecular complexity index is 376. The molecule has 0 radical (unpaired) electrons. The average Bonchev–Trinajstić information content (AvgIpc) is 2.77. The summed E-state index contributed by atoms with van der Waals surface area (Å²) >= 11 is 0. The normalized spacial score (nSPS) is 11.9. The highest BCUT2D eigenvalue weighted by Gasteiger charge is 2.20. The van der Waals surface area contributed by atoms with Crippen molar-refractivity contribution in [2.24, 2.45) is 0 Å². The summed E-state index contributed by atoms with van der Waals surface area (Å²) in [5, 5.41) is 19.6. The minimum Gasteiger partial charge on any atom is -0.480 e. The molecule has 17 heavy (non-hydrogen) atoms. The van der Waals surface area contributed by atoms with Crippen molar-refractivity contribution in [3.63, 3.8) is 0 Å². The summed E-state index contributed by atoms with van der Waals surface area (Å²) in [5.41, 5.74) is 0. The molecule has 0 aliphatic rings. The van der Waals surface area contributed by atoms with E-state index in [9.17, 15) is 9.59 Å². The molecule has 3 N–H and O–H groups in total. The van der Waals surface area contributed by atoms with Gasteiger partial charge in [-0.1, -0.05) is 0 Å². The fourth-order valence-electron chi connectivity index (χ4n) is 1.15. The van der Waals surface area contributed by atoms with Crippen LogP contribution in [0.3, 0.4) is 0 Å². The summed E-state index contributed by atoms with van der Waals surface area (Å²) in [4.78, 5) is 23.4. The SMILES string of the molecule is CN(Cc1ccco1)C(=O)N[C@@H](CO)C(=O)O. The van der Waals surface area contributed by atoms with Crippen LogP contribution in [-0.4, -0.2) is 46.8 Å². The van der Waals surface area contributed by atoms with Gasteiger partial charge in [0, 0.05) is 7.05 Å². The number of aliphatic hydroxyl groups excluding tert-OH is 1. The van der Waals surface area contributed by atoms with Gasteiger partial charge in [0.1, 0.15) is 5.76 Å². The minimum absolute atomic E-state index is 0.219. The number of nitrogens with one attached hydrogen (secondary N) is 1. The zero-order chi connectivity index (χ0) is 12.8. The van der Waals surface area contributed by atoms with Crippen LogP contribution < -0.4 is 5.32 Å². The molecule has 94 valence electrons. The summed E-state index contributed by atoms with van der Waals surface area (Å²) in [6.07, 6.45) is 1.48. The molecule has 0 fully saturated rings. The van der Waals surface area contributed by atoms with Gasteiger partial charge < -0.3 is 24.8 Å². The Labute approximate surface area is 97.6 Å². The number of carbonyl (C=O) groups is 2. The Morgan fingerprint density at radius 3 is 2.76 bits per heavy atom. The Morgan fingerprint density at radius 1 is 1.59 bits per heavy atom. The van der Waals surface area contributed by atoms with Gasteiger partial charge in [-0.2, -0.15) is 0 Å². The van der Waals surface area contributed by atoms with Crippen LogP contribution in [0.5, 0.6) is 0 Å². The first-order valence-electron chi connectivity index (χ1n) is 4.92. The van der Waals surface area contributed by atoms with Gasteiger partial charge in [-0.25, -0.2) is 9.59 Å². The first-order valence-corrected chi connectivity index (χ1v) is 4.92. The number of aliphatic hydroxyl groups is 1. The lowest BCUT2D eigenvalue weighted by molar-refractivity contribution is -0.140. The van der Waals surface area contributed by atoms with Crippen molar-refractivity contribution in [3.8, 4) is 0 Å². The number of rotatable bonds is 5. The third-order valence-corrected chi connectivity index (χ3v) is 2.10. The van der Waals surface area contributed by atoms with E-state index in [0.29, 0.717) is 5.76 Å². The van der Waals surface area contributed by atoms with E-state index in [1.165, 1.54) is 18.2 Å². The number of hydrogen-bond acceptors (Lipinski definition) is 4. The molecule has 1 aromatic heterocycles. The van der Waals surface area contributed by atoms with Gasteiger partial charge in [0.15, 0.2) is 6.04 Å². The third-order valence-electron chi connectivity index (χ3n) is 2.10. The van der Waals surface area contributed by atoms with Crippen molar-refractivity contribution in [1.82, 2.24) is 10.2 Å². The standard InChI is InChI=1S/C10H14N2O5/c1-12(5-7-3-2-4-17-7)10(16)11-8(6-13)9(14)15/h2-4,8,13H,5-6H2,1H3,(H,11,16)(H,14,15)/t8-/m0/s1. The van der Waals surface area contributed by atoms with E-state index in [2.05, 4.69) is 5.32 Å². The summed E-state index contributed by atoms with van der Waals surface area (Å²) in [6, 6.07) is 1.49. The van der Waals surface area contributed by atoms with Crippen molar-refractivity contribution in [2.75, 3.05) is 13.7 Å². The van der Waals surface area contributed by atoms with Gasteiger partial charge in [-0.3, -0.25) is 0 Å². The fourth-order valence-corrected chi connectivity index (χ4v) is 1.15. The van der Waals surface area contributed by atoms with E-state index in [1.54, 1.807) is 12.1 Å². The Balaban J connectivity index is 2.49. The maximum atomic E-state index is 11.5. The molecular formula is C10H14N2O5. The monoisotopic (exact) mass is 242 g/mol. The lowest BCUT2D eigenvalue weighted by atomic mass is 10.3. The highest BCUT2D eigenvalue weighted by molar-refractivity contribution is 5.82. The lowest BCUT2D eigenvalue weighted by Gasteiger charge is -2.19. The minimum atomic E-state index is -1.30. The molecule has 2 amide bonds. The number of furan rings is 1. The predicted octanol–water partition coefficient (Wildman–Crippen LogP) is -0.134. The van der Waals surface area contributed by atoms with Crippen LogP contribution in [0.15, 0.2) is 22.8 Å². The molecular weight excluding hydrogens is 228 g/mol. The third kappa shape index (κ3) is 3.80. The highest BCUT2D eigenvalue weighted by Crippen LogP contribution is 2.03. The first kappa shape index (κ1) is 13.0. The Kier molecular flexibility index (Phi) is 4.53. The van der Waals surface area contributed by atoms with Crippen molar-refractivity contribution in [2.45, 2.75) is 12.6 Å². The Morgan fingerprint density at radius 2 is 2.29 bits per heavy atom. The second kappa shape index (κ2) is 5.90. The molecule has 1 aromatic rings. The number of carboxylic acids is 1. The fraction of sp³-hybridized carbons (Fsp3) is 0.400. The van der Waals surface area contributed by atoms with Crippen LogP contribution in [0.1, 0.15) is 5.76 Å². The van der Waals surface area contributed by atoms with Gasteiger partial charge >= 0.3 is 12.0 Å². The van der Waals surface area contributed by atoms with Gasteiger partial charge in [0.05, 0.1) is 19.4 Å². The van der Waals surface area contributed by atoms with E-state index in [0.717, 1.165) is 0 Å². The predicted molar refractivity (Wildman–Crippen MR) is 57.2 cm³/mol. The smallest absolute Gasteiger partial charge is 0.328 e. The van der Waals surface area contributed by atoms with Crippen LogP contribution in [0.25, 0.3) is 0 Å². The molecule has 1 rings (SSSR count). The molecule has 1 atom stereocenters. The number of amides is 2. The molecule has 0 spiro atoms. The molecule has 1 heterocycles. The molecule has 0 aliphatic heterocycles. The van der Waals surface area contributed by atoms with Crippen molar-refractivity contribution in [3.05, 3.63) is 24.2 Å². The largest absolute Gasteiger partial charge is 0.480 e. The lowest BCUT2D eigenvalue weighted by Crippen LogP contribution is -2.48. The van der Waals surface area contributed by atoms with E-state index in [1.807, 2.05) is 0 Å². The molecule has 0 saturated carbocycles. The highest BCUT2D eigenvalue weighted by atomic mass is 16.4. The number of carbonyl (C=O) groups excluding carboxylic acids is 1. The topological polar surface area (TPSA) is 103 Å². The zero-order valence-electron chi connectivity index (χ0n) is 9.29. The maximum absolute atomic E-state index is 11.5. The quantitative estimate of drug-likeness (QED) is 0.667. The van der Waals surface area contributed by atoms with Crippen LogP contribution >= 0.6 is 0 Å². The van der Waals surface area contributed by atoms with Gasteiger partial charge in [0.25, 0.3) is 0 Å². The maximum Gasteiger partial charge on any atom is 0.328 e. The summed E-state index contributed by atoms with van der Waals surface area (Å²) in [7, 11) is 1.49. The van der Waals surface area contributed by atoms with Crippen molar-refractivity contribution >= 4 is 12.0 Å². The van der Waals surface area contributed by atoms with Crippen molar-refractivity contribution < 1.29 is 24.2 Å². The Hall–Kier alpha value is -2.02. The van der Waals surface area contributed by atoms with Crippen LogP contribution in [-0.2, 0) is 11.3 Å². The molecule has 0 saturated heterocycles. The van der Waals surface area contributed by atoms with Gasteiger partial charge in [-0.05, 0) is 12.1 Å². The zero-order valence-corrected chi connectivity index (χ0v) is 9.29. The van der Waals surface area contributed by atoms with E-state index >= 15 is 0 Å². The van der Waals surface area contributed by atoms with E-state index < -0.39 is 24.6 Å². The van der Waals surface area contributed by atoms with Gasteiger partial charge in [-0.15, -0.1) is 0 Å². The summed E-state index contributed by atoms with van der Waals surface area (Å²) in [5.74, 6) is -0.703. The summed E-state index contributed by atoms with van der Waals surface area (Å²) in [6.45, 7) is -0.438. The van der Waals surface area contributed by atoms with E-state index in [-0.39, 0.29) is 6.54 Å². The molecule has 7 nitrogen and oxygen atoms in total. The molecule has 0 bridgehead atoms. The second-order valence-corrected chi connectivity index (χ2v) is 3.46. The van der Waals surface area contributed by atoms with Crippen LogP contribution in [0.2, 0.25) is 0 Å². The van der Waals surface area contributed by atoms with E-state index in [4.69, 9.17) is 14.6 Å². The number of aliphatic carboxylic acids is 1. The average molecular weight is 242 g/mol. The van der Waals surface area contributed by atoms with Crippen LogP contribution in [0.4, 0.5) is 4.79 Å². The number of nitrogens with zero attached hydrogens (tertiary/aromatic N) is 1. The number of carboxylic acid groups (broad SMARTS) is 1. The number of urea groups is 1. The van der Waals surface area contributed by atoms with Gasteiger partial charge in [0.2, 0.25) is 0 Å². The molecule has 0 aromatic carbocycles. The molecule has 0 aliphatic carbocycles. The second-order valence-electron chi connectivity index (χ2n) is 3.46. The first-order chi connectivity index (χ1) is 8.04. The molecule has 0 unspecified atom stereocenters. The summed E-state index contributed by atoms with van der Waals surface area (Å²) < 4.78 is 5.05. The molecule has 7 heteroatoms. The number of hydrogen-bond donors (Lipinski definition) is 3. The van der Waals surface area contributed by atoms with Crippen LogP contribution in [0, 0.1) is 0 Å². The van der Waals surface area contributed by atoms with Crippen molar-refractivity contribution in [1.29, 1.82) is 0 Å².